The van der Waals surface area contributed by atoms with Gasteiger partial charge in [-0.2, -0.15) is 4.99 Å². The molecule has 5 nitrogen and oxygen atoms in total. The van der Waals surface area contributed by atoms with E-state index in [1.165, 1.54) is 11.8 Å². The summed E-state index contributed by atoms with van der Waals surface area (Å²) in [6, 6.07) is 14.4. The summed E-state index contributed by atoms with van der Waals surface area (Å²) in [5.74, 6) is -0.179. The number of thioether (sulfide) groups is 1. The van der Waals surface area contributed by atoms with Crippen molar-refractivity contribution in [2.45, 2.75) is 24.1 Å². The van der Waals surface area contributed by atoms with Gasteiger partial charge in [0.25, 0.3) is 0 Å². The second-order valence-corrected chi connectivity index (χ2v) is 11.2. The van der Waals surface area contributed by atoms with Crippen molar-refractivity contribution >= 4 is 61.6 Å². The molecule has 9 heteroatoms. The van der Waals surface area contributed by atoms with Crippen molar-refractivity contribution in [3.63, 3.8) is 0 Å². The molecule has 2 atom stereocenters. The van der Waals surface area contributed by atoms with Gasteiger partial charge in [-0.05, 0) is 30.2 Å². The lowest BCUT2D eigenvalue weighted by atomic mass is 10.1. The second kappa shape index (κ2) is 8.30. The number of hydrogen-bond acceptors (Lipinski definition) is 4. The first-order chi connectivity index (χ1) is 13.8. The van der Waals surface area contributed by atoms with Crippen LogP contribution < -0.4 is 4.90 Å². The van der Waals surface area contributed by atoms with Gasteiger partial charge in [0.1, 0.15) is 0 Å². The van der Waals surface area contributed by atoms with E-state index in [-0.39, 0.29) is 35.1 Å². The highest BCUT2D eigenvalue weighted by Crippen LogP contribution is 2.43. The van der Waals surface area contributed by atoms with Crippen LogP contribution in [-0.2, 0) is 21.1 Å². The molecule has 2 saturated heterocycles. The van der Waals surface area contributed by atoms with E-state index in [2.05, 4.69) is 4.99 Å². The number of hydrogen-bond donors (Lipinski definition) is 0. The molecular weight excluding hydrogens is 451 g/mol. The van der Waals surface area contributed by atoms with Crippen molar-refractivity contribution in [1.29, 1.82) is 0 Å². The lowest BCUT2D eigenvalue weighted by Crippen LogP contribution is -2.38. The van der Waals surface area contributed by atoms with Crippen molar-refractivity contribution in [1.82, 2.24) is 0 Å². The molecule has 29 heavy (non-hydrogen) atoms. The molecule has 2 aromatic rings. The van der Waals surface area contributed by atoms with Crippen LogP contribution >= 0.6 is 35.0 Å². The zero-order valence-corrected chi connectivity index (χ0v) is 18.4. The summed E-state index contributed by atoms with van der Waals surface area (Å²) in [5, 5.41) is 1.21. The number of carbonyl (C=O) groups excluding carboxylic acids is 1. The summed E-state index contributed by atoms with van der Waals surface area (Å²) >= 11 is 13.9. The molecule has 4 rings (SSSR count). The number of amidine groups is 1. The number of carbonyl (C=O) groups is 1. The summed E-state index contributed by atoms with van der Waals surface area (Å²) < 4.78 is 24.3. The van der Waals surface area contributed by atoms with E-state index < -0.39 is 9.84 Å². The maximum absolute atomic E-state index is 12.5. The number of fused-ring (bicyclic) bond motifs is 1. The number of aliphatic imine (C=N–C) groups is 1. The average Bonchev–Trinajstić information content (AvgIpc) is 3.14. The van der Waals surface area contributed by atoms with E-state index in [0.29, 0.717) is 27.3 Å². The van der Waals surface area contributed by atoms with Crippen molar-refractivity contribution in [3.8, 4) is 0 Å². The first-order valence-corrected chi connectivity index (χ1v) is 12.5. The number of rotatable bonds is 4. The highest BCUT2D eigenvalue weighted by Gasteiger charge is 2.49. The highest BCUT2D eigenvalue weighted by atomic mass is 35.5. The van der Waals surface area contributed by atoms with E-state index in [1.54, 1.807) is 23.1 Å². The number of sulfone groups is 1. The number of anilines is 1. The number of halogens is 2. The summed E-state index contributed by atoms with van der Waals surface area (Å²) in [5.41, 5.74) is 1.64. The molecule has 152 valence electrons. The van der Waals surface area contributed by atoms with E-state index in [1.807, 2.05) is 30.3 Å². The standard InChI is InChI=1S/C20H18Cl2N2O3S2/c21-14-7-8-15(22)16(10-14)24-17-11-29(26,27)12-18(17)28-20(24)23-19(25)9-6-13-4-2-1-3-5-13/h1-5,7-8,10,17-18H,6,9,11-12H2/t17-,18-/m1/s1. The Bertz CT molecular complexity index is 1070. The number of nitrogens with zero attached hydrogens (tertiary/aromatic N) is 2. The predicted octanol–water partition coefficient (Wildman–Crippen LogP) is 4.23. The van der Waals surface area contributed by atoms with Crippen LogP contribution in [0.1, 0.15) is 12.0 Å². The average molecular weight is 469 g/mol. The molecule has 0 radical (unpaired) electrons. The Morgan fingerprint density at radius 1 is 1.14 bits per heavy atom. The second-order valence-electron chi connectivity index (χ2n) is 7.04. The van der Waals surface area contributed by atoms with Crippen LogP contribution in [0.3, 0.4) is 0 Å². The van der Waals surface area contributed by atoms with Gasteiger partial charge >= 0.3 is 0 Å². The van der Waals surface area contributed by atoms with Gasteiger partial charge in [0.15, 0.2) is 15.0 Å². The van der Waals surface area contributed by atoms with Crippen LogP contribution in [0, 0.1) is 0 Å². The Morgan fingerprint density at radius 3 is 2.66 bits per heavy atom. The third-order valence-electron chi connectivity index (χ3n) is 4.92. The molecule has 2 aliphatic heterocycles. The van der Waals surface area contributed by atoms with Gasteiger partial charge in [0.05, 0.1) is 28.3 Å². The molecule has 2 heterocycles. The molecule has 2 aliphatic rings. The Labute approximate surface area is 184 Å². The van der Waals surface area contributed by atoms with Gasteiger partial charge in [0, 0.05) is 16.7 Å². The quantitative estimate of drug-likeness (QED) is 0.671. The third-order valence-corrected chi connectivity index (χ3v) is 8.69. The van der Waals surface area contributed by atoms with Crippen molar-refractivity contribution < 1.29 is 13.2 Å². The normalized spacial score (nSPS) is 24.1. The van der Waals surface area contributed by atoms with Crippen LogP contribution in [0.15, 0.2) is 53.5 Å². The van der Waals surface area contributed by atoms with Gasteiger partial charge in [0.2, 0.25) is 5.91 Å². The molecule has 2 fully saturated rings. The van der Waals surface area contributed by atoms with E-state index in [4.69, 9.17) is 23.2 Å². The molecule has 2 aromatic carbocycles. The van der Waals surface area contributed by atoms with Gasteiger partial charge in [-0.15, -0.1) is 0 Å². The molecule has 0 saturated carbocycles. The molecule has 0 spiro atoms. The SMILES string of the molecule is O=C(CCc1ccccc1)N=C1S[C@@H]2CS(=O)(=O)C[C@H]2N1c1cc(Cl)ccc1Cl. The van der Waals surface area contributed by atoms with Crippen LogP contribution in [-0.4, -0.2) is 42.3 Å². The highest BCUT2D eigenvalue weighted by molar-refractivity contribution is 8.16. The van der Waals surface area contributed by atoms with Crippen LogP contribution in [0.2, 0.25) is 10.0 Å². The molecule has 1 amide bonds. The topological polar surface area (TPSA) is 66.8 Å². The lowest BCUT2D eigenvalue weighted by molar-refractivity contribution is -0.117. The first kappa shape index (κ1) is 20.7. The number of amides is 1. The van der Waals surface area contributed by atoms with E-state index in [0.717, 1.165) is 5.56 Å². The Hall–Kier alpha value is -1.54. The molecule has 0 unspecified atom stereocenters. The van der Waals surface area contributed by atoms with Gasteiger partial charge < -0.3 is 4.90 Å². The maximum atomic E-state index is 12.5. The first-order valence-electron chi connectivity index (χ1n) is 9.09. The van der Waals surface area contributed by atoms with E-state index in [9.17, 15) is 13.2 Å². The zero-order valence-electron chi connectivity index (χ0n) is 15.3. The fourth-order valence-corrected chi connectivity index (χ4v) is 7.87. The minimum Gasteiger partial charge on any atom is -0.314 e. The minimum atomic E-state index is -3.15. The van der Waals surface area contributed by atoms with Crippen molar-refractivity contribution in [2.24, 2.45) is 4.99 Å². The smallest absolute Gasteiger partial charge is 0.248 e. The molecule has 0 bridgehead atoms. The van der Waals surface area contributed by atoms with Crippen molar-refractivity contribution in [2.75, 3.05) is 16.4 Å². The zero-order chi connectivity index (χ0) is 20.6. The minimum absolute atomic E-state index is 0.00470. The molecule has 0 aromatic heterocycles. The summed E-state index contributed by atoms with van der Waals surface area (Å²) in [6.45, 7) is 0. The molecule has 0 N–H and O–H groups in total. The molecular formula is C20H18Cl2N2O3S2. The largest absolute Gasteiger partial charge is 0.314 e. The van der Waals surface area contributed by atoms with Crippen LogP contribution in [0.25, 0.3) is 0 Å². The van der Waals surface area contributed by atoms with Gasteiger partial charge in [-0.1, -0.05) is 65.3 Å². The number of benzene rings is 2. The fraction of sp³-hybridized carbons (Fsp3) is 0.300. The Morgan fingerprint density at radius 2 is 1.90 bits per heavy atom. The third kappa shape index (κ3) is 4.63. The van der Waals surface area contributed by atoms with Gasteiger partial charge in [-0.25, -0.2) is 8.42 Å². The van der Waals surface area contributed by atoms with E-state index >= 15 is 0 Å². The Kier molecular flexibility index (Phi) is 5.93. The maximum Gasteiger partial charge on any atom is 0.248 e. The van der Waals surface area contributed by atoms with Crippen molar-refractivity contribution in [3.05, 3.63) is 64.1 Å². The summed E-state index contributed by atoms with van der Waals surface area (Å²) in [6.07, 6.45) is 0.874. The predicted molar refractivity (Wildman–Crippen MR) is 120 cm³/mol. The van der Waals surface area contributed by atoms with Gasteiger partial charge in [-0.3, -0.25) is 4.79 Å². The lowest BCUT2D eigenvalue weighted by Gasteiger charge is -2.25. The summed E-state index contributed by atoms with van der Waals surface area (Å²) in [4.78, 5) is 18.6. The number of aryl methyl sites for hydroxylation is 1. The molecule has 0 aliphatic carbocycles. The monoisotopic (exact) mass is 468 g/mol. The summed E-state index contributed by atoms with van der Waals surface area (Å²) in [7, 11) is -3.15. The van der Waals surface area contributed by atoms with Crippen LogP contribution in [0.5, 0.6) is 0 Å². The Balaban J connectivity index is 1.61. The van der Waals surface area contributed by atoms with Crippen LogP contribution in [0.4, 0.5) is 5.69 Å². The fourth-order valence-electron chi connectivity index (χ4n) is 3.58.